The molecule has 0 radical (unpaired) electrons. The number of hydrogen-bond acceptors (Lipinski definition) is 4. The molecule has 0 unspecified atom stereocenters. The molecule has 15 aromatic rings. The Morgan fingerprint density at radius 2 is 0.734 bits per heavy atom. The number of para-hydroxylation sites is 4. The normalized spacial score (nSPS) is 12.9. The molecule has 16 rings (SSSR count). The molecule has 0 amide bonds. The standard InChI is InChI=1S/C74H48N2O2Si/c1-2-20-53(21-3-1)76-67-28-10-13-31-73(67)79(57-41-43-65-63-24-8-11-29-69(63)77-71(65)47-57,58-42-44-66-64-25-9-12-30-70(64)78-72(66)48-58)74-45-40-56(46-68(74)76)75(54-36-32-51(33-37-54)61-26-14-18-49-16-4-6-22-59(49)61)55-38-34-52(35-39-55)62-27-15-19-50-17-5-7-23-60(50)62/h1-48H. The Labute approximate surface area is 457 Å². The summed E-state index contributed by atoms with van der Waals surface area (Å²) in [4.78, 5) is 4.91. The van der Waals surface area contributed by atoms with Gasteiger partial charge in [-0.05, 0) is 143 Å². The van der Waals surface area contributed by atoms with Crippen LogP contribution in [-0.2, 0) is 0 Å². The number of hydrogen-bond donors (Lipinski definition) is 0. The van der Waals surface area contributed by atoms with Crippen molar-refractivity contribution in [2.45, 2.75) is 0 Å². The van der Waals surface area contributed by atoms with Crippen molar-refractivity contribution in [3.63, 3.8) is 0 Å². The van der Waals surface area contributed by atoms with Gasteiger partial charge in [-0.25, -0.2) is 0 Å². The van der Waals surface area contributed by atoms with E-state index >= 15 is 0 Å². The minimum atomic E-state index is -3.31. The van der Waals surface area contributed by atoms with Crippen LogP contribution in [0.25, 0.3) is 87.7 Å². The molecule has 3 heterocycles. The summed E-state index contributed by atoms with van der Waals surface area (Å²) in [5.41, 5.74) is 14.8. The van der Waals surface area contributed by atoms with Crippen molar-refractivity contribution in [2.75, 3.05) is 9.80 Å². The van der Waals surface area contributed by atoms with Gasteiger partial charge in [-0.2, -0.15) is 0 Å². The third kappa shape index (κ3) is 7.07. The van der Waals surface area contributed by atoms with E-state index in [9.17, 15) is 0 Å². The number of fused-ring (bicyclic) bond motifs is 10. The van der Waals surface area contributed by atoms with E-state index in [1.54, 1.807) is 0 Å². The van der Waals surface area contributed by atoms with Crippen LogP contribution in [0, 0.1) is 0 Å². The largest absolute Gasteiger partial charge is 0.456 e. The van der Waals surface area contributed by atoms with Gasteiger partial charge in [-0.15, -0.1) is 0 Å². The second-order valence-electron chi connectivity index (χ2n) is 20.7. The summed E-state index contributed by atoms with van der Waals surface area (Å²) >= 11 is 0. The number of furan rings is 2. The van der Waals surface area contributed by atoms with Crippen LogP contribution in [0.4, 0.5) is 34.1 Å². The SMILES string of the molecule is c1ccc(N2c3ccccc3[Si](c3ccc4c(c3)oc3ccccc34)(c3ccc4c(c3)oc3ccccc34)c3ccc(N(c4ccc(-c5cccc6ccccc56)cc4)c4ccc(-c5cccc6ccccc56)cc4)cc32)cc1. The monoisotopic (exact) mass is 1020 g/mol. The van der Waals surface area contributed by atoms with Crippen LogP contribution in [0.5, 0.6) is 0 Å². The van der Waals surface area contributed by atoms with Gasteiger partial charge in [0.25, 0.3) is 0 Å². The van der Waals surface area contributed by atoms with Gasteiger partial charge in [0.1, 0.15) is 22.3 Å². The van der Waals surface area contributed by atoms with Crippen LogP contribution in [0.15, 0.2) is 300 Å². The maximum absolute atomic E-state index is 6.79. The van der Waals surface area contributed by atoms with Gasteiger partial charge in [-0.1, -0.05) is 212 Å². The zero-order chi connectivity index (χ0) is 52.0. The van der Waals surface area contributed by atoms with E-state index in [2.05, 4.69) is 301 Å². The molecule has 1 aliphatic heterocycles. The maximum Gasteiger partial charge on any atom is 0.184 e. The fourth-order valence-corrected chi connectivity index (χ4v) is 18.0. The minimum Gasteiger partial charge on any atom is -0.456 e. The fourth-order valence-electron chi connectivity index (χ4n) is 13.0. The summed E-state index contributed by atoms with van der Waals surface area (Å²) in [5.74, 6) is 0. The fraction of sp³-hybridized carbons (Fsp3) is 0. The van der Waals surface area contributed by atoms with Gasteiger partial charge >= 0.3 is 0 Å². The highest BCUT2D eigenvalue weighted by Crippen LogP contribution is 2.45. The molecule has 79 heavy (non-hydrogen) atoms. The first-order chi connectivity index (χ1) is 39.2. The Morgan fingerprint density at radius 1 is 0.291 bits per heavy atom. The first kappa shape index (κ1) is 45.0. The van der Waals surface area contributed by atoms with Gasteiger partial charge in [0.2, 0.25) is 0 Å². The van der Waals surface area contributed by atoms with E-state index in [1.165, 1.54) is 64.5 Å². The smallest absolute Gasteiger partial charge is 0.184 e. The van der Waals surface area contributed by atoms with Crippen molar-refractivity contribution in [1.29, 1.82) is 0 Å². The highest BCUT2D eigenvalue weighted by molar-refractivity contribution is 7.21. The predicted octanol–water partition coefficient (Wildman–Crippen LogP) is 17.8. The molecule has 2 aromatic heterocycles. The van der Waals surface area contributed by atoms with E-state index in [0.717, 1.165) is 78.0 Å². The Kier molecular flexibility index (Phi) is 10.2. The highest BCUT2D eigenvalue weighted by atomic mass is 28.3. The first-order valence-corrected chi connectivity index (χ1v) is 29.1. The van der Waals surface area contributed by atoms with Gasteiger partial charge in [0, 0.05) is 55.7 Å². The summed E-state index contributed by atoms with van der Waals surface area (Å²) in [6, 6.07) is 107. The molecule has 0 saturated heterocycles. The number of nitrogens with zero attached hydrogens (tertiary/aromatic N) is 2. The summed E-state index contributed by atoms with van der Waals surface area (Å²) in [7, 11) is -3.31. The van der Waals surface area contributed by atoms with Crippen LogP contribution in [0.3, 0.4) is 0 Å². The van der Waals surface area contributed by atoms with Crippen LogP contribution in [0.2, 0.25) is 0 Å². The highest BCUT2D eigenvalue weighted by Gasteiger charge is 2.49. The van der Waals surface area contributed by atoms with Crippen molar-refractivity contribution in [2.24, 2.45) is 0 Å². The Hall–Kier alpha value is -10.2. The van der Waals surface area contributed by atoms with E-state index in [0.29, 0.717) is 0 Å². The van der Waals surface area contributed by atoms with E-state index in [-0.39, 0.29) is 0 Å². The number of benzene rings is 13. The maximum atomic E-state index is 6.79. The lowest BCUT2D eigenvalue weighted by Crippen LogP contribution is -2.77. The molecule has 0 spiro atoms. The Bertz CT molecular complexity index is 4620. The summed E-state index contributed by atoms with van der Waals surface area (Å²) in [6.45, 7) is 0. The molecule has 0 atom stereocenters. The van der Waals surface area contributed by atoms with Crippen LogP contribution in [-0.4, -0.2) is 8.07 Å². The topological polar surface area (TPSA) is 32.8 Å². The molecule has 370 valence electrons. The molecule has 5 heteroatoms. The summed E-state index contributed by atoms with van der Waals surface area (Å²) in [5, 5.41) is 14.4. The molecule has 1 aliphatic rings. The van der Waals surface area contributed by atoms with Gasteiger partial charge < -0.3 is 18.6 Å². The van der Waals surface area contributed by atoms with Crippen LogP contribution >= 0.6 is 0 Å². The first-order valence-electron chi connectivity index (χ1n) is 27.1. The Morgan fingerprint density at radius 3 is 1.30 bits per heavy atom. The van der Waals surface area contributed by atoms with E-state index < -0.39 is 8.07 Å². The van der Waals surface area contributed by atoms with Crippen molar-refractivity contribution in [1.82, 2.24) is 0 Å². The lowest BCUT2D eigenvalue weighted by atomic mass is 9.97. The molecule has 0 bridgehead atoms. The second kappa shape index (κ2) is 18.0. The third-order valence-corrected chi connectivity index (χ3v) is 21.3. The van der Waals surface area contributed by atoms with Crippen molar-refractivity contribution in [3.05, 3.63) is 291 Å². The zero-order valence-corrected chi connectivity index (χ0v) is 43.9. The van der Waals surface area contributed by atoms with Crippen molar-refractivity contribution in [3.8, 4) is 22.3 Å². The average molecular weight is 1030 g/mol. The molecule has 4 nitrogen and oxygen atoms in total. The molecule has 0 aliphatic carbocycles. The Balaban J connectivity index is 0.953. The summed E-state index contributed by atoms with van der Waals surface area (Å²) < 4.78 is 13.6. The van der Waals surface area contributed by atoms with E-state index in [4.69, 9.17) is 8.83 Å². The van der Waals surface area contributed by atoms with Gasteiger partial charge in [0.15, 0.2) is 8.07 Å². The van der Waals surface area contributed by atoms with Crippen LogP contribution in [0.1, 0.15) is 0 Å². The van der Waals surface area contributed by atoms with E-state index in [1.807, 2.05) is 0 Å². The van der Waals surface area contributed by atoms with Crippen molar-refractivity contribution >= 4 is 128 Å². The molecule has 0 N–H and O–H groups in total. The molecule has 13 aromatic carbocycles. The summed E-state index contributed by atoms with van der Waals surface area (Å²) in [6.07, 6.45) is 0. The lowest BCUT2D eigenvalue weighted by molar-refractivity contribution is 0.669. The average Bonchev–Trinajstić information content (AvgIpc) is 4.20. The lowest BCUT2D eigenvalue weighted by Gasteiger charge is -2.45. The van der Waals surface area contributed by atoms with Crippen molar-refractivity contribution < 1.29 is 8.83 Å². The minimum absolute atomic E-state index is 0.876. The quantitative estimate of drug-likeness (QED) is 0.142. The molecular formula is C74H48N2O2Si. The van der Waals surface area contributed by atoms with Crippen LogP contribution < -0.4 is 30.5 Å². The molecule has 0 saturated carbocycles. The third-order valence-electron chi connectivity index (χ3n) is 16.5. The number of rotatable bonds is 8. The molecular weight excluding hydrogens is 977 g/mol. The molecule has 0 fully saturated rings. The van der Waals surface area contributed by atoms with Gasteiger partial charge in [0.05, 0.1) is 0 Å². The number of anilines is 6. The predicted molar refractivity (Wildman–Crippen MR) is 333 cm³/mol. The zero-order valence-electron chi connectivity index (χ0n) is 42.9. The second-order valence-corrected chi connectivity index (χ2v) is 24.5. The van der Waals surface area contributed by atoms with Gasteiger partial charge in [-0.3, -0.25) is 0 Å².